The molecule has 0 aromatic heterocycles. The number of sulfone groups is 1. The fourth-order valence-electron chi connectivity index (χ4n) is 2.12. The summed E-state index contributed by atoms with van der Waals surface area (Å²) in [4.78, 5) is 13.8. The normalized spacial score (nSPS) is 13.3. The molecule has 1 aromatic rings. The number of methoxy groups -OCH3 is 1. The third kappa shape index (κ3) is 6.42. The fraction of sp³-hybridized carbons (Fsp3) is 0.500. The van der Waals surface area contributed by atoms with Crippen molar-refractivity contribution in [3.63, 3.8) is 0 Å². The summed E-state index contributed by atoms with van der Waals surface area (Å²) in [5, 5.41) is 0. The van der Waals surface area contributed by atoms with Crippen molar-refractivity contribution in [3.05, 3.63) is 29.6 Å². The lowest BCUT2D eigenvalue weighted by atomic mass is 10.2. The second-order valence-electron chi connectivity index (χ2n) is 5.16. The molecule has 0 saturated heterocycles. The van der Waals surface area contributed by atoms with E-state index in [-0.39, 0.29) is 25.5 Å². The molecule has 0 aliphatic rings. The van der Waals surface area contributed by atoms with E-state index in [1.807, 2.05) is 0 Å². The van der Waals surface area contributed by atoms with Crippen molar-refractivity contribution < 1.29 is 45.1 Å². The van der Waals surface area contributed by atoms with Crippen LogP contribution in [0.3, 0.4) is 0 Å². The van der Waals surface area contributed by atoms with Gasteiger partial charge in [-0.05, 0) is 31.0 Å². The van der Waals surface area contributed by atoms with Gasteiger partial charge in [-0.2, -0.15) is 19.1 Å². The van der Waals surface area contributed by atoms with E-state index in [9.17, 15) is 30.8 Å². The van der Waals surface area contributed by atoms with Gasteiger partial charge in [0.15, 0.2) is 9.84 Å². The number of hydrogen-bond acceptors (Lipinski definition) is 7. The minimum atomic E-state index is -5.09. The number of carbonyl (C=O) groups is 1. The monoisotopic (exact) mass is 403 g/mol. The molecule has 0 saturated carbocycles. The Hall–Kier alpha value is -1.92. The van der Waals surface area contributed by atoms with Gasteiger partial charge in [0.2, 0.25) is 0 Å². The summed E-state index contributed by atoms with van der Waals surface area (Å²) < 4.78 is 86.5. The minimum Gasteiger partial charge on any atom is -0.429 e. The number of ether oxygens (including phenoxy) is 2. The van der Waals surface area contributed by atoms with Crippen LogP contribution in [0.2, 0.25) is 0 Å². The van der Waals surface area contributed by atoms with E-state index in [2.05, 4.69) is 15.5 Å². The summed E-state index contributed by atoms with van der Waals surface area (Å²) in [5.74, 6) is 2.40. The predicted molar refractivity (Wildman–Crippen MR) is 80.1 cm³/mol. The molecule has 0 bridgehead atoms. The molecule has 0 radical (unpaired) electrons. The lowest BCUT2D eigenvalue weighted by Gasteiger charge is -2.19. The summed E-state index contributed by atoms with van der Waals surface area (Å²) >= 11 is 0. The zero-order chi connectivity index (χ0) is 20.0. The smallest absolute Gasteiger partial charge is 0.429 e. The predicted octanol–water partition coefficient (Wildman–Crippen LogP) is 2.44. The molecule has 2 N–H and O–H groups in total. The fourth-order valence-corrected chi connectivity index (χ4v) is 3.81. The molecule has 0 fully saturated rings. The number of carbonyl (C=O) groups excluding carboxylic acids is 1. The molecule has 0 aliphatic carbocycles. The molecule has 1 unspecified atom stereocenters. The summed E-state index contributed by atoms with van der Waals surface area (Å²) in [6.45, 7) is 0.196. The summed E-state index contributed by atoms with van der Waals surface area (Å²) in [5.41, 5.74) is -1.64. The summed E-state index contributed by atoms with van der Waals surface area (Å²) in [7, 11) is -3.20. The molecule has 148 valence electrons. The van der Waals surface area contributed by atoms with E-state index < -0.39 is 50.3 Å². The maximum Gasteiger partial charge on any atom is 0.527 e. The number of alkyl halides is 3. The molecule has 0 aliphatic heterocycles. The number of nitrogens with two attached hydrogens (primary N) is 1. The highest BCUT2D eigenvalue weighted by molar-refractivity contribution is 7.91. The average Bonchev–Trinajstić information content (AvgIpc) is 2.53. The van der Waals surface area contributed by atoms with Gasteiger partial charge >= 0.3 is 12.3 Å². The molecule has 26 heavy (non-hydrogen) atoms. The van der Waals surface area contributed by atoms with Gasteiger partial charge < -0.3 is 14.3 Å². The second-order valence-corrected chi connectivity index (χ2v) is 7.17. The van der Waals surface area contributed by atoms with Crippen molar-refractivity contribution >= 4 is 16.0 Å². The van der Waals surface area contributed by atoms with Gasteiger partial charge in [-0.15, -0.1) is 0 Å². The summed E-state index contributed by atoms with van der Waals surface area (Å²) in [6.07, 6.45) is -7.60. The number of rotatable bonds is 8. The van der Waals surface area contributed by atoms with Crippen LogP contribution in [0, 0.1) is 5.82 Å². The van der Waals surface area contributed by atoms with Gasteiger partial charge in [0.05, 0.1) is 16.2 Å². The molecule has 1 rings (SSSR count). The van der Waals surface area contributed by atoms with Crippen molar-refractivity contribution in [3.8, 4) is 0 Å². The quantitative estimate of drug-likeness (QED) is 0.234. The average molecular weight is 403 g/mol. The van der Waals surface area contributed by atoms with E-state index in [0.29, 0.717) is 12.1 Å². The van der Waals surface area contributed by atoms with Gasteiger partial charge in [0, 0.05) is 13.7 Å². The Balaban J connectivity index is 3.15. The molecule has 0 amide bonds. The molecule has 1 aromatic carbocycles. The first-order valence-electron chi connectivity index (χ1n) is 7.17. The highest BCUT2D eigenvalue weighted by Gasteiger charge is 2.38. The highest BCUT2D eigenvalue weighted by Crippen LogP contribution is 2.35. The van der Waals surface area contributed by atoms with Crippen molar-refractivity contribution in [1.82, 2.24) is 0 Å². The SMILES string of the molecule is COCCCC(CS(=O)(=O)c1ccc(F)cc1C(F)(F)F)OC(=O)ON. The molecule has 7 nitrogen and oxygen atoms in total. The van der Waals surface area contributed by atoms with Crippen LogP contribution in [0.1, 0.15) is 18.4 Å². The van der Waals surface area contributed by atoms with Crippen LogP contribution in [0.4, 0.5) is 22.4 Å². The first kappa shape index (κ1) is 22.1. The Labute approximate surface area is 146 Å². The van der Waals surface area contributed by atoms with Crippen LogP contribution >= 0.6 is 0 Å². The van der Waals surface area contributed by atoms with E-state index in [0.717, 1.165) is 0 Å². The van der Waals surface area contributed by atoms with Crippen LogP contribution in [0.25, 0.3) is 0 Å². The van der Waals surface area contributed by atoms with E-state index >= 15 is 0 Å². The number of halogens is 4. The lowest BCUT2D eigenvalue weighted by molar-refractivity contribution is -0.140. The van der Waals surface area contributed by atoms with E-state index in [1.165, 1.54) is 7.11 Å². The lowest BCUT2D eigenvalue weighted by Crippen LogP contribution is -2.29. The van der Waals surface area contributed by atoms with Gasteiger partial charge in [0.1, 0.15) is 11.9 Å². The van der Waals surface area contributed by atoms with Crippen LogP contribution in [-0.2, 0) is 30.3 Å². The molecule has 0 spiro atoms. The standard InChI is InChI=1S/C14H17F4NO6S/c1-23-6-2-3-10(24-13(20)25-19)8-26(21,22)12-5-4-9(15)7-11(12)14(16,17)18/h4-5,7,10H,2-3,6,8,19H2,1H3. The molecule has 0 heterocycles. The Bertz CT molecular complexity index is 723. The first-order chi connectivity index (χ1) is 12.0. The van der Waals surface area contributed by atoms with E-state index in [4.69, 9.17) is 4.74 Å². The minimum absolute atomic E-state index is 0.0370. The maximum absolute atomic E-state index is 13.1. The largest absolute Gasteiger partial charge is 0.527 e. The zero-order valence-corrected chi connectivity index (χ0v) is 14.4. The van der Waals surface area contributed by atoms with Crippen molar-refractivity contribution in [1.29, 1.82) is 0 Å². The highest BCUT2D eigenvalue weighted by atomic mass is 32.2. The second kappa shape index (κ2) is 9.14. The maximum atomic E-state index is 13.1. The number of hydrogen-bond donors (Lipinski definition) is 1. The Morgan fingerprint density at radius 2 is 1.96 bits per heavy atom. The van der Waals surface area contributed by atoms with Gasteiger partial charge in [-0.25, -0.2) is 17.6 Å². The topological polar surface area (TPSA) is 105 Å². The van der Waals surface area contributed by atoms with Crippen LogP contribution < -0.4 is 5.90 Å². The third-order valence-corrected chi connectivity index (χ3v) is 5.06. The Morgan fingerprint density at radius 1 is 1.31 bits per heavy atom. The zero-order valence-electron chi connectivity index (χ0n) is 13.6. The van der Waals surface area contributed by atoms with Crippen LogP contribution in [0.15, 0.2) is 23.1 Å². The van der Waals surface area contributed by atoms with Crippen molar-refractivity contribution in [2.75, 3.05) is 19.5 Å². The third-order valence-electron chi connectivity index (χ3n) is 3.22. The Kier molecular flexibility index (Phi) is 7.78. The van der Waals surface area contributed by atoms with Gasteiger partial charge in [0.25, 0.3) is 0 Å². The van der Waals surface area contributed by atoms with E-state index in [1.54, 1.807) is 0 Å². The van der Waals surface area contributed by atoms with Gasteiger partial charge in [-0.1, -0.05) is 0 Å². The van der Waals surface area contributed by atoms with Crippen molar-refractivity contribution in [2.24, 2.45) is 5.90 Å². The first-order valence-corrected chi connectivity index (χ1v) is 8.82. The van der Waals surface area contributed by atoms with Gasteiger partial charge in [-0.3, -0.25) is 0 Å². The van der Waals surface area contributed by atoms with Crippen LogP contribution in [-0.4, -0.2) is 40.1 Å². The summed E-state index contributed by atoms with van der Waals surface area (Å²) in [6, 6.07) is 1.19. The molecular formula is C14H17F4NO6S. The molecular weight excluding hydrogens is 386 g/mol. The molecule has 1 atom stereocenters. The van der Waals surface area contributed by atoms with Crippen molar-refractivity contribution in [2.45, 2.75) is 30.0 Å². The van der Waals surface area contributed by atoms with Crippen LogP contribution in [0.5, 0.6) is 0 Å². The number of benzene rings is 1. The Morgan fingerprint density at radius 3 is 2.50 bits per heavy atom. The molecule has 12 heteroatoms.